The van der Waals surface area contributed by atoms with Gasteiger partial charge in [0, 0.05) is 37.4 Å². The molecule has 0 fully saturated rings. The van der Waals surface area contributed by atoms with Crippen molar-refractivity contribution >= 4 is 29.1 Å². The average Bonchev–Trinajstić information content (AvgIpc) is 2.68. The Morgan fingerprint density at radius 1 is 1.30 bits per heavy atom. The maximum atomic E-state index is 12.5. The number of benzene rings is 1. The van der Waals surface area contributed by atoms with E-state index < -0.39 is 6.43 Å². The number of halogens is 3. The van der Waals surface area contributed by atoms with Gasteiger partial charge in [-0.25, -0.2) is 18.6 Å². The number of carbonyl (C=O) groups excluding carboxylic acids is 1. The summed E-state index contributed by atoms with van der Waals surface area (Å²) in [7, 11) is 0. The van der Waals surface area contributed by atoms with Gasteiger partial charge in [-0.2, -0.15) is 0 Å². The molecular weight excluding hydrogens is 410 g/mol. The van der Waals surface area contributed by atoms with Gasteiger partial charge < -0.3 is 15.5 Å². The molecule has 0 radical (unpaired) electrons. The molecule has 0 unspecified atom stereocenters. The number of rotatable bonds is 10. The van der Waals surface area contributed by atoms with Crippen LogP contribution in [0.5, 0.6) is 0 Å². The lowest BCUT2D eigenvalue weighted by Gasteiger charge is -2.27. The normalized spacial score (nSPS) is 12.0. The van der Waals surface area contributed by atoms with Crippen molar-refractivity contribution < 1.29 is 13.6 Å². The Bertz CT molecular complexity index is 835. The minimum Gasteiger partial charge on any atom is -0.353 e. The Kier molecular flexibility index (Phi) is 9.30. The first-order valence-corrected chi connectivity index (χ1v) is 10.5. The summed E-state index contributed by atoms with van der Waals surface area (Å²) in [5, 5.41) is 6.26. The molecule has 1 atom stereocenters. The van der Waals surface area contributed by atoms with Crippen LogP contribution < -0.4 is 15.5 Å². The van der Waals surface area contributed by atoms with Crippen molar-refractivity contribution in [2.24, 2.45) is 0 Å². The average molecular weight is 439 g/mol. The van der Waals surface area contributed by atoms with Gasteiger partial charge in [0.25, 0.3) is 0 Å². The standard InChI is InChI=1S/C22H29ClF2N4O/c1-4-12-29(21-19(23)6-5-11-26-21)14-16(3)27-22(30)28-18-9-7-15(2)17(13-18)8-10-20(24)25/h5-7,9,11,13,16,20H,4,8,10,12,14H2,1-3H3,(H2,27,28,30)/t16-/m1/s1. The minimum absolute atomic E-state index is 0.168. The van der Waals surface area contributed by atoms with E-state index in [1.165, 1.54) is 0 Å². The number of nitrogens with one attached hydrogen (secondary N) is 2. The van der Waals surface area contributed by atoms with Gasteiger partial charge in [-0.1, -0.05) is 24.6 Å². The minimum atomic E-state index is -2.34. The predicted molar refractivity (Wildman–Crippen MR) is 119 cm³/mol. The zero-order chi connectivity index (χ0) is 22.1. The van der Waals surface area contributed by atoms with E-state index in [4.69, 9.17) is 11.6 Å². The zero-order valence-electron chi connectivity index (χ0n) is 17.6. The molecule has 1 heterocycles. The zero-order valence-corrected chi connectivity index (χ0v) is 18.3. The van der Waals surface area contributed by atoms with E-state index in [2.05, 4.69) is 22.5 Å². The van der Waals surface area contributed by atoms with E-state index in [-0.39, 0.29) is 24.9 Å². The molecule has 0 aliphatic rings. The highest BCUT2D eigenvalue weighted by Gasteiger charge is 2.16. The molecule has 2 N–H and O–H groups in total. The number of carbonyl (C=O) groups is 1. The van der Waals surface area contributed by atoms with Gasteiger partial charge in [0.05, 0.1) is 5.02 Å². The van der Waals surface area contributed by atoms with Crippen LogP contribution in [0, 0.1) is 6.92 Å². The topological polar surface area (TPSA) is 57.3 Å². The monoisotopic (exact) mass is 438 g/mol. The molecule has 0 aliphatic carbocycles. The lowest BCUT2D eigenvalue weighted by Crippen LogP contribution is -2.44. The van der Waals surface area contributed by atoms with Crippen molar-refractivity contribution in [2.45, 2.75) is 52.5 Å². The highest BCUT2D eigenvalue weighted by Crippen LogP contribution is 2.23. The number of aromatic nitrogens is 1. The largest absolute Gasteiger partial charge is 0.353 e. The molecule has 0 bridgehead atoms. The molecule has 2 aromatic rings. The lowest BCUT2D eigenvalue weighted by atomic mass is 10.0. The first kappa shape index (κ1) is 23.9. The molecule has 0 aliphatic heterocycles. The number of hydrogen-bond acceptors (Lipinski definition) is 3. The van der Waals surface area contributed by atoms with Gasteiger partial charge in [-0.15, -0.1) is 0 Å². The van der Waals surface area contributed by atoms with E-state index >= 15 is 0 Å². The second-order valence-electron chi connectivity index (χ2n) is 7.33. The Hall–Kier alpha value is -2.41. The van der Waals surface area contributed by atoms with E-state index in [1.54, 1.807) is 30.5 Å². The summed E-state index contributed by atoms with van der Waals surface area (Å²) in [4.78, 5) is 18.8. The summed E-state index contributed by atoms with van der Waals surface area (Å²) in [5.74, 6) is 0.692. The first-order chi connectivity index (χ1) is 14.3. The van der Waals surface area contributed by atoms with Crippen molar-refractivity contribution in [1.29, 1.82) is 0 Å². The van der Waals surface area contributed by atoms with Gasteiger partial charge >= 0.3 is 6.03 Å². The fourth-order valence-corrected chi connectivity index (χ4v) is 3.46. The number of urea groups is 1. The van der Waals surface area contributed by atoms with Crippen LogP contribution in [0.3, 0.4) is 0 Å². The summed E-state index contributed by atoms with van der Waals surface area (Å²) >= 11 is 6.27. The summed E-state index contributed by atoms with van der Waals surface area (Å²) in [6, 6.07) is 8.39. The second-order valence-corrected chi connectivity index (χ2v) is 7.73. The highest BCUT2D eigenvalue weighted by atomic mass is 35.5. The molecular formula is C22H29ClF2N4O. The Labute approximate surface area is 181 Å². The van der Waals surface area contributed by atoms with Gasteiger partial charge in [0.2, 0.25) is 6.43 Å². The van der Waals surface area contributed by atoms with Crippen LogP contribution in [-0.4, -0.2) is 36.6 Å². The first-order valence-electron chi connectivity index (χ1n) is 10.1. The number of alkyl halides is 2. The summed E-state index contributed by atoms with van der Waals surface area (Å²) in [6.45, 7) is 7.15. The number of nitrogens with zero attached hydrogens (tertiary/aromatic N) is 2. The maximum Gasteiger partial charge on any atom is 0.319 e. The molecule has 2 rings (SSSR count). The number of pyridine rings is 1. The summed E-state index contributed by atoms with van der Waals surface area (Å²) in [6.07, 6.45) is 0.336. The quantitative estimate of drug-likeness (QED) is 0.502. The van der Waals surface area contributed by atoms with Crippen molar-refractivity contribution in [3.63, 3.8) is 0 Å². The third-order valence-corrected chi connectivity index (χ3v) is 4.94. The molecule has 1 aromatic carbocycles. The smallest absolute Gasteiger partial charge is 0.319 e. The van der Waals surface area contributed by atoms with Crippen LogP contribution in [-0.2, 0) is 6.42 Å². The van der Waals surface area contributed by atoms with Gasteiger partial charge in [0.1, 0.15) is 5.82 Å². The van der Waals surface area contributed by atoms with Crippen molar-refractivity contribution in [1.82, 2.24) is 10.3 Å². The molecule has 0 spiro atoms. The molecule has 1 aromatic heterocycles. The highest BCUT2D eigenvalue weighted by molar-refractivity contribution is 6.32. The second kappa shape index (κ2) is 11.7. The van der Waals surface area contributed by atoms with Crippen LogP contribution >= 0.6 is 11.6 Å². The molecule has 2 amide bonds. The van der Waals surface area contributed by atoms with Crippen molar-refractivity contribution in [3.8, 4) is 0 Å². The van der Waals surface area contributed by atoms with Crippen LogP contribution in [0.15, 0.2) is 36.5 Å². The van der Waals surface area contributed by atoms with Crippen LogP contribution in [0.25, 0.3) is 0 Å². The van der Waals surface area contributed by atoms with Gasteiger partial charge in [-0.05, 0) is 62.1 Å². The number of hydrogen-bond donors (Lipinski definition) is 2. The summed E-state index contributed by atoms with van der Waals surface area (Å²) < 4.78 is 25.0. The fourth-order valence-electron chi connectivity index (χ4n) is 3.21. The van der Waals surface area contributed by atoms with Crippen LogP contribution in [0.2, 0.25) is 5.02 Å². The molecule has 5 nitrogen and oxygen atoms in total. The third-order valence-electron chi connectivity index (χ3n) is 4.64. The Morgan fingerprint density at radius 2 is 2.07 bits per heavy atom. The van der Waals surface area contributed by atoms with E-state index in [0.29, 0.717) is 23.1 Å². The SMILES string of the molecule is CCCN(C[C@@H](C)NC(=O)Nc1ccc(C)c(CCC(F)F)c1)c1ncccc1Cl. The fraction of sp³-hybridized carbons (Fsp3) is 0.455. The van der Waals surface area contributed by atoms with Crippen molar-refractivity contribution in [3.05, 3.63) is 52.7 Å². The third kappa shape index (κ3) is 7.44. The van der Waals surface area contributed by atoms with Crippen molar-refractivity contribution in [2.75, 3.05) is 23.3 Å². The predicted octanol–water partition coefficient (Wildman–Crippen LogP) is 5.67. The Morgan fingerprint density at radius 3 is 2.73 bits per heavy atom. The number of anilines is 2. The molecule has 164 valence electrons. The Balaban J connectivity index is 1.96. The molecule has 8 heteroatoms. The van der Waals surface area contributed by atoms with Gasteiger partial charge in [-0.3, -0.25) is 0 Å². The molecule has 30 heavy (non-hydrogen) atoms. The van der Waals surface area contributed by atoms with Crippen LogP contribution in [0.4, 0.5) is 25.1 Å². The van der Waals surface area contributed by atoms with E-state index in [9.17, 15) is 13.6 Å². The van der Waals surface area contributed by atoms with Crippen LogP contribution in [0.1, 0.15) is 37.8 Å². The molecule has 0 saturated heterocycles. The maximum absolute atomic E-state index is 12.5. The van der Waals surface area contributed by atoms with E-state index in [0.717, 1.165) is 24.1 Å². The number of aryl methyl sites for hydroxylation is 2. The van der Waals surface area contributed by atoms with E-state index in [1.807, 2.05) is 24.8 Å². The molecule has 0 saturated carbocycles. The lowest BCUT2D eigenvalue weighted by molar-refractivity contribution is 0.138. The number of amides is 2. The van der Waals surface area contributed by atoms with Gasteiger partial charge in [0.15, 0.2) is 0 Å². The summed E-state index contributed by atoms with van der Waals surface area (Å²) in [5.41, 5.74) is 2.31.